The molecule has 0 radical (unpaired) electrons. The number of aromatic nitrogens is 2. The molecule has 0 aliphatic heterocycles. The van der Waals surface area contributed by atoms with Crippen LogP contribution in [0.2, 0.25) is 0 Å². The van der Waals surface area contributed by atoms with Gasteiger partial charge in [-0.25, -0.2) is 4.98 Å². The summed E-state index contributed by atoms with van der Waals surface area (Å²) >= 11 is 0. The SMILES string of the molecule is N[C@@H](Cc1c[nH]cn1)C(=O)C1CCCCC1C(=O)O. The van der Waals surface area contributed by atoms with Gasteiger partial charge in [-0.05, 0) is 12.8 Å². The van der Waals surface area contributed by atoms with Crippen LogP contribution in [0.3, 0.4) is 0 Å². The lowest BCUT2D eigenvalue weighted by molar-refractivity contribution is -0.148. The zero-order valence-electron chi connectivity index (χ0n) is 10.7. The molecule has 0 saturated heterocycles. The molecule has 1 heterocycles. The number of aromatic amines is 1. The average molecular weight is 265 g/mol. The van der Waals surface area contributed by atoms with Gasteiger partial charge in [-0.2, -0.15) is 0 Å². The van der Waals surface area contributed by atoms with Crippen molar-refractivity contribution < 1.29 is 14.7 Å². The Balaban J connectivity index is 2.02. The minimum absolute atomic E-state index is 0.143. The summed E-state index contributed by atoms with van der Waals surface area (Å²) in [5, 5.41) is 9.19. The van der Waals surface area contributed by atoms with Gasteiger partial charge >= 0.3 is 5.97 Å². The normalized spacial score (nSPS) is 24.9. The molecular formula is C13H19N3O3. The van der Waals surface area contributed by atoms with Crippen molar-refractivity contribution in [1.29, 1.82) is 0 Å². The Labute approximate surface area is 111 Å². The van der Waals surface area contributed by atoms with Crippen LogP contribution in [0.1, 0.15) is 31.4 Å². The number of aliphatic carboxylic acids is 1. The third kappa shape index (κ3) is 3.20. The summed E-state index contributed by atoms with van der Waals surface area (Å²) < 4.78 is 0. The highest BCUT2D eigenvalue weighted by Crippen LogP contribution is 2.31. The quantitative estimate of drug-likeness (QED) is 0.727. The predicted molar refractivity (Wildman–Crippen MR) is 68.4 cm³/mol. The van der Waals surface area contributed by atoms with Gasteiger partial charge in [-0.3, -0.25) is 9.59 Å². The van der Waals surface area contributed by atoms with E-state index in [1.54, 1.807) is 6.20 Å². The molecule has 1 aliphatic rings. The van der Waals surface area contributed by atoms with Crippen molar-refractivity contribution in [2.24, 2.45) is 17.6 Å². The van der Waals surface area contributed by atoms with E-state index in [4.69, 9.17) is 5.73 Å². The van der Waals surface area contributed by atoms with Crippen LogP contribution in [-0.2, 0) is 16.0 Å². The molecule has 1 aromatic heterocycles. The molecule has 0 amide bonds. The Morgan fingerprint density at radius 2 is 2.11 bits per heavy atom. The Kier molecular flexibility index (Phi) is 4.31. The van der Waals surface area contributed by atoms with Gasteiger partial charge in [-0.15, -0.1) is 0 Å². The van der Waals surface area contributed by atoms with Crippen molar-refractivity contribution in [3.8, 4) is 0 Å². The number of hydrogen-bond donors (Lipinski definition) is 3. The van der Waals surface area contributed by atoms with Gasteiger partial charge in [0.1, 0.15) is 0 Å². The Morgan fingerprint density at radius 1 is 1.42 bits per heavy atom. The van der Waals surface area contributed by atoms with E-state index in [1.807, 2.05) is 0 Å². The van der Waals surface area contributed by atoms with Gasteiger partial charge in [0.15, 0.2) is 5.78 Å². The number of nitrogens with zero attached hydrogens (tertiary/aromatic N) is 1. The molecule has 6 heteroatoms. The fourth-order valence-corrected chi connectivity index (χ4v) is 2.77. The van der Waals surface area contributed by atoms with Crippen LogP contribution in [-0.4, -0.2) is 32.9 Å². The number of nitrogens with two attached hydrogens (primary N) is 1. The molecule has 1 saturated carbocycles. The van der Waals surface area contributed by atoms with Crippen LogP contribution in [0.15, 0.2) is 12.5 Å². The first-order valence-corrected chi connectivity index (χ1v) is 6.59. The summed E-state index contributed by atoms with van der Waals surface area (Å²) in [6, 6.07) is -0.673. The summed E-state index contributed by atoms with van der Waals surface area (Å²) in [5.74, 6) is -2.05. The third-order valence-corrected chi connectivity index (χ3v) is 3.80. The number of carboxylic acid groups (broad SMARTS) is 1. The average Bonchev–Trinajstić information content (AvgIpc) is 2.90. The van der Waals surface area contributed by atoms with E-state index in [-0.39, 0.29) is 5.78 Å². The molecule has 0 spiro atoms. The van der Waals surface area contributed by atoms with Crippen LogP contribution in [0.25, 0.3) is 0 Å². The first-order valence-electron chi connectivity index (χ1n) is 6.59. The predicted octanol–water partition coefficient (Wildman–Crippen LogP) is 0.740. The van der Waals surface area contributed by atoms with Gasteiger partial charge in [0, 0.05) is 18.5 Å². The topological polar surface area (TPSA) is 109 Å². The summed E-state index contributed by atoms with van der Waals surface area (Å²) in [7, 11) is 0. The van der Waals surface area contributed by atoms with E-state index in [9.17, 15) is 14.7 Å². The van der Waals surface area contributed by atoms with Gasteiger partial charge in [0.25, 0.3) is 0 Å². The van der Waals surface area contributed by atoms with Gasteiger partial charge in [-0.1, -0.05) is 12.8 Å². The molecule has 3 atom stereocenters. The second-order valence-corrected chi connectivity index (χ2v) is 5.11. The maximum Gasteiger partial charge on any atom is 0.307 e. The summed E-state index contributed by atoms with van der Waals surface area (Å²) in [4.78, 5) is 30.4. The summed E-state index contributed by atoms with van der Waals surface area (Å²) in [6.45, 7) is 0. The van der Waals surface area contributed by atoms with E-state index in [1.165, 1.54) is 6.33 Å². The zero-order valence-corrected chi connectivity index (χ0v) is 10.7. The molecular weight excluding hydrogens is 246 g/mol. The zero-order chi connectivity index (χ0) is 13.8. The molecule has 4 N–H and O–H groups in total. The fraction of sp³-hybridized carbons (Fsp3) is 0.615. The molecule has 2 rings (SSSR count). The lowest BCUT2D eigenvalue weighted by Crippen LogP contribution is -2.43. The maximum atomic E-state index is 12.3. The number of carboxylic acids is 1. The van der Waals surface area contributed by atoms with Crippen molar-refractivity contribution >= 4 is 11.8 Å². The number of carbonyl (C=O) groups is 2. The Hall–Kier alpha value is -1.69. The molecule has 1 fully saturated rings. The number of Topliss-reactive ketones (excluding diaryl/α,β-unsaturated/α-hetero) is 1. The minimum atomic E-state index is -0.884. The smallest absolute Gasteiger partial charge is 0.307 e. The Morgan fingerprint density at radius 3 is 2.68 bits per heavy atom. The highest BCUT2D eigenvalue weighted by molar-refractivity contribution is 5.90. The molecule has 0 aromatic carbocycles. The standard InChI is InChI=1S/C13H19N3O3/c14-11(5-8-6-15-7-16-8)12(17)9-3-1-2-4-10(9)13(18)19/h6-7,9-11H,1-5,14H2,(H,15,16)(H,18,19)/t9?,10?,11-/m0/s1. The molecule has 19 heavy (non-hydrogen) atoms. The second kappa shape index (κ2) is 5.97. The maximum absolute atomic E-state index is 12.3. The first kappa shape index (κ1) is 13.7. The van der Waals surface area contributed by atoms with E-state index in [0.29, 0.717) is 19.3 Å². The number of H-pyrrole nitrogens is 1. The molecule has 1 aromatic rings. The van der Waals surface area contributed by atoms with E-state index < -0.39 is 23.8 Å². The second-order valence-electron chi connectivity index (χ2n) is 5.11. The van der Waals surface area contributed by atoms with Crippen molar-refractivity contribution in [3.63, 3.8) is 0 Å². The van der Waals surface area contributed by atoms with Crippen LogP contribution in [0.4, 0.5) is 0 Å². The van der Waals surface area contributed by atoms with Crippen molar-refractivity contribution in [2.45, 2.75) is 38.1 Å². The number of carbonyl (C=O) groups excluding carboxylic acids is 1. The van der Waals surface area contributed by atoms with Crippen LogP contribution in [0, 0.1) is 11.8 Å². The lowest BCUT2D eigenvalue weighted by Gasteiger charge is -2.29. The van der Waals surface area contributed by atoms with Crippen molar-refractivity contribution in [1.82, 2.24) is 9.97 Å². The Bertz CT molecular complexity index is 444. The molecule has 2 unspecified atom stereocenters. The lowest BCUT2D eigenvalue weighted by atomic mass is 9.75. The van der Waals surface area contributed by atoms with Crippen LogP contribution < -0.4 is 5.73 Å². The van der Waals surface area contributed by atoms with Gasteiger partial charge in [0.05, 0.1) is 24.0 Å². The highest BCUT2D eigenvalue weighted by Gasteiger charge is 2.37. The number of rotatable bonds is 5. The largest absolute Gasteiger partial charge is 0.481 e. The molecule has 104 valence electrons. The number of ketones is 1. The monoisotopic (exact) mass is 265 g/mol. The number of hydrogen-bond acceptors (Lipinski definition) is 4. The summed E-state index contributed by atoms with van der Waals surface area (Å²) in [6.07, 6.45) is 6.55. The minimum Gasteiger partial charge on any atom is -0.481 e. The number of imidazole rings is 1. The molecule has 0 bridgehead atoms. The number of nitrogens with one attached hydrogen (secondary N) is 1. The first-order chi connectivity index (χ1) is 9.09. The van der Waals surface area contributed by atoms with Crippen molar-refractivity contribution in [2.75, 3.05) is 0 Å². The van der Waals surface area contributed by atoms with Gasteiger partial charge in [0.2, 0.25) is 0 Å². The molecule has 1 aliphatic carbocycles. The molecule has 6 nitrogen and oxygen atoms in total. The summed E-state index contributed by atoms with van der Waals surface area (Å²) in [5.41, 5.74) is 6.63. The van der Waals surface area contributed by atoms with E-state index in [2.05, 4.69) is 9.97 Å². The van der Waals surface area contributed by atoms with E-state index >= 15 is 0 Å². The van der Waals surface area contributed by atoms with Gasteiger partial charge < -0.3 is 15.8 Å². The van der Waals surface area contributed by atoms with Crippen LogP contribution in [0.5, 0.6) is 0 Å². The third-order valence-electron chi connectivity index (χ3n) is 3.80. The van der Waals surface area contributed by atoms with Crippen LogP contribution >= 0.6 is 0 Å². The fourth-order valence-electron chi connectivity index (χ4n) is 2.77. The van der Waals surface area contributed by atoms with E-state index in [0.717, 1.165) is 18.5 Å². The van der Waals surface area contributed by atoms with Crippen molar-refractivity contribution in [3.05, 3.63) is 18.2 Å². The highest BCUT2D eigenvalue weighted by atomic mass is 16.4.